The summed E-state index contributed by atoms with van der Waals surface area (Å²) < 4.78 is 10.8. The van der Waals surface area contributed by atoms with E-state index in [9.17, 15) is 4.79 Å². The second kappa shape index (κ2) is 11.0. The Morgan fingerprint density at radius 1 is 0.933 bits per heavy atom. The molecular formula is C24H33N3O3. The number of nitrogens with one attached hydrogen (secondary N) is 1. The predicted octanol–water partition coefficient (Wildman–Crippen LogP) is 3.16. The van der Waals surface area contributed by atoms with Crippen molar-refractivity contribution in [3.8, 4) is 11.5 Å². The van der Waals surface area contributed by atoms with Gasteiger partial charge in [-0.2, -0.15) is 0 Å². The standard InChI is InChI=1S/C24H33N3O3/c1-4-26-12-14-27(15-13-26)18-20-8-6-19(7-9-20)17-25-24(28)21-10-11-22(29-3)23(16-21)30-5-2/h6-11,16H,4-5,12-15,17-18H2,1-3H3,(H,25,28). The third-order valence-electron chi connectivity index (χ3n) is 5.52. The van der Waals surface area contributed by atoms with Crippen LogP contribution in [0.3, 0.4) is 0 Å². The zero-order chi connectivity index (χ0) is 21.3. The molecule has 1 fully saturated rings. The molecule has 1 aliphatic rings. The van der Waals surface area contributed by atoms with Crippen molar-refractivity contribution in [3.63, 3.8) is 0 Å². The molecule has 0 bridgehead atoms. The minimum atomic E-state index is -0.128. The normalized spacial score (nSPS) is 15.0. The second-order valence-electron chi connectivity index (χ2n) is 7.51. The van der Waals surface area contributed by atoms with Crippen LogP contribution in [0.25, 0.3) is 0 Å². The van der Waals surface area contributed by atoms with E-state index >= 15 is 0 Å². The van der Waals surface area contributed by atoms with Crippen LogP contribution in [0.2, 0.25) is 0 Å². The molecule has 6 heteroatoms. The SMILES string of the molecule is CCOc1cc(C(=O)NCc2ccc(CN3CCN(CC)CC3)cc2)ccc1OC. The molecule has 1 amide bonds. The van der Waals surface area contributed by atoms with Gasteiger partial charge in [-0.3, -0.25) is 9.69 Å². The molecule has 1 aliphatic heterocycles. The molecule has 1 saturated heterocycles. The molecule has 2 aromatic rings. The number of hydrogen-bond donors (Lipinski definition) is 1. The molecular weight excluding hydrogens is 378 g/mol. The summed E-state index contributed by atoms with van der Waals surface area (Å²) >= 11 is 0. The lowest BCUT2D eigenvalue weighted by Crippen LogP contribution is -2.45. The van der Waals surface area contributed by atoms with E-state index in [0.717, 1.165) is 44.8 Å². The van der Waals surface area contributed by atoms with Crippen LogP contribution in [-0.2, 0) is 13.1 Å². The highest BCUT2D eigenvalue weighted by molar-refractivity contribution is 5.94. The Bertz CT molecular complexity index is 815. The highest BCUT2D eigenvalue weighted by atomic mass is 16.5. The van der Waals surface area contributed by atoms with Gasteiger partial charge in [0.2, 0.25) is 0 Å². The van der Waals surface area contributed by atoms with Gasteiger partial charge in [0.25, 0.3) is 5.91 Å². The van der Waals surface area contributed by atoms with E-state index in [1.807, 2.05) is 6.92 Å². The average Bonchev–Trinajstić information content (AvgIpc) is 2.79. The van der Waals surface area contributed by atoms with E-state index < -0.39 is 0 Å². The molecule has 0 unspecified atom stereocenters. The van der Waals surface area contributed by atoms with Crippen LogP contribution in [0.5, 0.6) is 11.5 Å². The first-order valence-electron chi connectivity index (χ1n) is 10.7. The maximum Gasteiger partial charge on any atom is 0.251 e. The fourth-order valence-corrected chi connectivity index (χ4v) is 3.66. The van der Waals surface area contributed by atoms with Crippen molar-refractivity contribution in [2.75, 3.05) is 46.4 Å². The molecule has 0 atom stereocenters. The molecule has 0 spiro atoms. The van der Waals surface area contributed by atoms with E-state index in [1.54, 1.807) is 25.3 Å². The van der Waals surface area contributed by atoms with Gasteiger partial charge in [0.15, 0.2) is 11.5 Å². The molecule has 30 heavy (non-hydrogen) atoms. The number of nitrogens with zero attached hydrogens (tertiary/aromatic N) is 2. The number of hydrogen-bond acceptors (Lipinski definition) is 5. The summed E-state index contributed by atoms with van der Waals surface area (Å²) in [6, 6.07) is 13.7. The molecule has 1 N–H and O–H groups in total. The van der Waals surface area contributed by atoms with Crippen LogP contribution in [0, 0.1) is 0 Å². The van der Waals surface area contributed by atoms with Crippen molar-refractivity contribution < 1.29 is 14.3 Å². The van der Waals surface area contributed by atoms with Crippen molar-refractivity contribution in [1.29, 1.82) is 0 Å². The number of likely N-dealkylation sites (N-methyl/N-ethyl adjacent to an activating group) is 1. The first-order valence-corrected chi connectivity index (χ1v) is 10.7. The van der Waals surface area contributed by atoms with Crippen LogP contribution in [0.1, 0.15) is 35.3 Å². The summed E-state index contributed by atoms with van der Waals surface area (Å²) in [6.45, 7) is 11.8. The maximum absolute atomic E-state index is 12.5. The molecule has 0 radical (unpaired) electrons. The third-order valence-corrected chi connectivity index (χ3v) is 5.52. The zero-order valence-corrected chi connectivity index (χ0v) is 18.3. The first kappa shape index (κ1) is 22.1. The number of methoxy groups -OCH3 is 1. The number of rotatable bonds is 9. The van der Waals surface area contributed by atoms with Gasteiger partial charge in [-0.05, 0) is 42.8 Å². The molecule has 0 aliphatic carbocycles. The van der Waals surface area contributed by atoms with Gasteiger partial charge >= 0.3 is 0 Å². The number of piperazine rings is 1. The lowest BCUT2D eigenvalue weighted by Gasteiger charge is -2.34. The third kappa shape index (κ3) is 5.97. The highest BCUT2D eigenvalue weighted by Gasteiger charge is 2.15. The van der Waals surface area contributed by atoms with Gasteiger partial charge in [0.1, 0.15) is 0 Å². The van der Waals surface area contributed by atoms with Crippen molar-refractivity contribution >= 4 is 5.91 Å². The number of carbonyl (C=O) groups excluding carboxylic acids is 1. The fraction of sp³-hybridized carbons (Fsp3) is 0.458. The maximum atomic E-state index is 12.5. The summed E-state index contributed by atoms with van der Waals surface area (Å²) in [6.07, 6.45) is 0. The zero-order valence-electron chi connectivity index (χ0n) is 18.3. The van der Waals surface area contributed by atoms with E-state index in [2.05, 4.69) is 46.3 Å². The smallest absolute Gasteiger partial charge is 0.251 e. The Kier molecular flexibility index (Phi) is 8.11. The molecule has 0 aromatic heterocycles. The number of amides is 1. The summed E-state index contributed by atoms with van der Waals surface area (Å²) in [5.74, 6) is 1.08. The number of benzene rings is 2. The lowest BCUT2D eigenvalue weighted by atomic mass is 10.1. The molecule has 0 saturated carbocycles. The highest BCUT2D eigenvalue weighted by Crippen LogP contribution is 2.28. The van der Waals surface area contributed by atoms with Gasteiger partial charge in [-0.15, -0.1) is 0 Å². The molecule has 6 nitrogen and oxygen atoms in total. The monoisotopic (exact) mass is 411 g/mol. The largest absolute Gasteiger partial charge is 0.493 e. The predicted molar refractivity (Wildman–Crippen MR) is 119 cm³/mol. The average molecular weight is 412 g/mol. The van der Waals surface area contributed by atoms with Gasteiger partial charge in [-0.1, -0.05) is 31.2 Å². The Labute approximate surface area is 179 Å². The summed E-state index contributed by atoms with van der Waals surface area (Å²) in [4.78, 5) is 17.5. The number of ether oxygens (including phenoxy) is 2. The van der Waals surface area contributed by atoms with E-state index in [-0.39, 0.29) is 5.91 Å². The molecule has 2 aromatic carbocycles. The van der Waals surface area contributed by atoms with Gasteiger partial charge in [0, 0.05) is 44.8 Å². The van der Waals surface area contributed by atoms with Crippen molar-refractivity contribution in [3.05, 3.63) is 59.2 Å². The summed E-state index contributed by atoms with van der Waals surface area (Å²) in [5, 5.41) is 2.98. The minimum Gasteiger partial charge on any atom is -0.493 e. The van der Waals surface area contributed by atoms with E-state index in [1.165, 1.54) is 5.56 Å². The summed E-state index contributed by atoms with van der Waals surface area (Å²) in [5.41, 5.74) is 2.95. The molecule has 1 heterocycles. The lowest BCUT2D eigenvalue weighted by molar-refractivity contribution is 0.0950. The Balaban J connectivity index is 1.51. The van der Waals surface area contributed by atoms with Crippen LogP contribution in [0.15, 0.2) is 42.5 Å². The first-order chi connectivity index (χ1) is 14.6. The fourth-order valence-electron chi connectivity index (χ4n) is 3.66. The minimum absolute atomic E-state index is 0.128. The van der Waals surface area contributed by atoms with Gasteiger partial charge < -0.3 is 19.7 Å². The van der Waals surface area contributed by atoms with Crippen molar-refractivity contribution in [1.82, 2.24) is 15.1 Å². The Hall–Kier alpha value is -2.57. The van der Waals surface area contributed by atoms with Crippen molar-refractivity contribution in [2.24, 2.45) is 0 Å². The quantitative estimate of drug-likeness (QED) is 0.687. The Morgan fingerprint density at radius 3 is 2.23 bits per heavy atom. The van der Waals surface area contributed by atoms with Gasteiger partial charge in [0.05, 0.1) is 13.7 Å². The van der Waals surface area contributed by atoms with E-state index in [0.29, 0.717) is 30.2 Å². The van der Waals surface area contributed by atoms with Crippen LogP contribution in [0.4, 0.5) is 0 Å². The van der Waals surface area contributed by atoms with Crippen LogP contribution >= 0.6 is 0 Å². The van der Waals surface area contributed by atoms with Crippen molar-refractivity contribution in [2.45, 2.75) is 26.9 Å². The second-order valence-corrected chi connectivity index (χ2v) is 7.51. The molecule has 3 rings (SSSR count). The summed E-state index contributed by atoms with van der Waals surface area (Å²) in [7, 11) is 1.59. The molecule has 162 valence electrons. The van der Waals surface area contributed by atoms with Crippen LogP contribution in [-0.4, -0.2) is 62.1 Å². The topological polar surface area (TPSA) is 54.0 Å². The van der Waals surface area contributed by atoms with E-state index in [4.69, 9.17) is 9.47 Å². The number of carbonyl (C=O) groups is 1. The van der Waals surface area contributed by atoms with Crippen LogP contribution < -0.4 is 14.8 Å². The van der Waals surface area contributed by atoms with Gasteiger partial charge in [-0.25, -0.2) is 0 Å². The Morgan fingerprint density at radius 2 is 1.60 bits per heavy atom.